The van der Waals surface area contributed by atoms with Crippen molar-refractivity contribution in [1.29, 1.82) is 0 Å². The quantitative estimate of drug-likeness (QED) is 0.723. The number of hydrogen-bond acceptors (Lipinski definition) is 3. The molecule has 1 aliphatic heterocycles. The van der Waals surface area contributed by atoms with E-state index in [9.17, 15) is 5.11 Å². The number of pyridine rings is 1. The molecule has 1 N–H and O–H groups in total. The lowest BCUT2D eigenvalue weighted by Gasteiger charge is -2.33. The van der Waals surface area contributed by atoms with E-state index in [2.05, 4.69) is 4.98 Å². The third-order valence-electron chi connectivity index (χ3n) is 5.32. The van der Waals surface area contributed by atoms with E-state index < -0.39 is 11.5 Å². The fourth-order valence-corrected chi connectivity index (χ4v) is 4.10. The number of fused-ring (bicyclic) bond motifs is 3. The molecule has 0 saturated carbocycles. The van der Waals surface area contributed by atoms with Crippen LogP contribution < -0.4 is 0 Å². The van der Waals surface area contributed by atoms with Crippen molar-refractivity contribution in [3.63, 3.8) is 0 Å². The zero-order valence-corrected chi connectivity index (χ0v) is 15.7. The molecule has 4 nitrogen and oxygen atoms in total. The first kappa shape index (κ1) is 20.4. The standard InChI is InChI=1S/C21H23F2N3O.CH4/c1-14-6-7-18-16(9-14)17-11-25(3)13-21(22,23)19(17)26(18)12-20(2,27)15-5-4-8-24-10-15;/h4-10,27H,11-13H2,1-3H3;1H4. The summed E-state index contributed by atoms with van der Waals surface area (Å²) in [6, 6.07) is 9.25. The van der Waals surface area contributed by atoms with Crippen molar-refractivity contribution < 1.29 is 13.9 Å². The van der Waals surface area contributed by atoms with Gasteiger partial charge < -0.3 is 9.67 Å². The molecular formula is C22H27F2N3O. The van der Waals surface area contributed by atoms with Gasteiger partial charge in [0.25, 0.3) is 0 Å². The highest BCUT2D eigenvalue weighted by molar-refractivity contribution is 5.87. The Hall–Kier alpha value is -2.31. The van der Waals surface area contributed by atoms with E-state index in [4.69, 9.17) is 0 Å². The Morgan fingerprint density at radius 2 is 2.04 bits per heavy atom. The van der Waals surface area contributed by atoms with Gasteiger partial charge in [0, 0.05) is 41.0 Å². The molecule has 0 bridgehead atoms. The summed E-state index contributed by atoms with van der Waals surface area (Å²) in [4.78, 5) is 5.70. The largest absolute Gasteiger partial charge is 0.384 e. The first-order valence-corrected chi connectivity index (χ1v) is 9.00. The minimum absolute atomic E-state index is 0. The molecule has 3 aromatic rings. The van der Waals surface area contributed by atoms with Gasteiger partial charge in [0.1, 0.15) is 5.60 Å². The normalized spacial score (nSPS) is 18.4. The van der Waals surface area contributed by atoms with Gasteiger partial charge >= 0.3 is 5.92 Å². The second-order valence-corrected chi connectivity index (χ2v) is 7.83. The van der Waals surface area contributed by atoms with E-state index in [1.807, 2.05) is 25.1 Å². The van der Waals surface area contributed by atoms with Crippen LogP contribution in [0, 0.1) is 6.92 Å². The number of aryl methyl sites for hydroxylation is 1. The van der Waals surface area contributed by atoms with Gasteiger partial charge in [-0.15, -0.1) is 0 Å². The van der Waals surface area contributed by atoms with E-state index in [-0.39, 0.29) is 26.2 Å². The summed E-state index contributed by atoms with van der Waals surface area (Å²) in [5, 5.41) is 11.9. The van der Waals surface area contributed by atoms with E-state index >= 15 is 8.78 Å². The number of rotatable bonds is 3. The number of aliphatic hydroxyl groups is 1. The topological polar surface area (TPSA) is 41.3 Å². The van der Waals surface area contributed by atoms with Gasteiger partial charge in [-0.25, -0.2) is 0 Å². The predicted octanol–water partition coefficient (Wildman–Crippen LogP) is 4.43. The highest BCUT2D eigenvalue weighted by Crippen LogP contribution is 2.43. The minimum atomic E-state index is -2.99. The Kier molecular flexibility index (Phi) is 5.06. The SMILES string of the molecule is C.Cc1ccc2c(c1)c1c(n2CC(C)(O)c2cccnc2)C(F)(F)CN(C)C1. The molecule has 150 valence electrons. The van der Waals surface area contributed by atoms with Crippen molar-refractivity contribution >= 4 is 10.9 Å². The molecule has 4 rings (SSSR count). The maximum absolute atomic E-state index is 15.1. The van der Waals surface area contributed by atoms with Crippen LogP contribution in [0.15, 0.2) is 42.7 Å². The molecule has 6 heteroatoms. The smallest absolute Gasteiger partial charge is 0.300 e. The van der Waals surface area contributed by atoms with E-state index in [0.29, 0.717) is 17.7 Å². The van der Waals surface area contributed by atoms with Crippen molar-refractivity contribution in [1.82, 2.24) is 14.5 Å². The summed E-state index contributed by atoms with van der Waals surface area (Å²) in [7, 11) is 1.71. The summed E-state index contributed by atoms with van der Waals surface area (Å²) in [6.45, 7) is 3.77. The molecule has 2 aromatic heterocycles. The molecule has 0 aliphatic carbocycles. The maximum Gasteiger partial charge on any atom is 0.300 e. The molecule has 3 heterocycles. The molecule has 0 fully saturated rings. The number of hydrogen-bond donors (Lipinski definition) is 1. The molecule has 0 saturated heterocycles. The second-order valence-electron chi connectivity index (χ2n) is 7.83. The molecule has 1 aromatic carbocycles. The Morgan fingerprint density at radius 1 is 1.29 bits per heavy atom. The summed E-state index contributed by atoms with van der Waals surface area (Å²) in [6.07, 6.45) is 3.20. The van der Waals surface area contributed by atoms with Crippen LogP contribution in [0.3, 0.4) is 0 Å². The van der Waals surface area contributed by atoms with Crippen molar-refractivity contribution in [3.8, 4) is 0 Å². The van der Waals surface area contributed by atoms with E-state index in [0.717, 1.165) is 16.5 Å². The number of aromatic nitrogens is 2. The summed E-state index contributed by atoms with van der Waals surface area (Å²) >= 11 is 0. The van der Waals surface area contributed by atoms with E-state index in [1.165, 1.54) is 0 Å². The monoisotopic (exact) mass is 387 g/mol. The fourth-order valence-electron chi connectivity index (χ4n) is 4.10. The third kappa shape index (κ3) is 3.31. The van der Waals surface area contributed by atoms with Crippen molar-refractivity contribution in [3.05, 3.63) is 65.1 Å². The lowest BCUT2D eigenvalue weighted by molar-refractivity contribution is -0.0554. The molecule has 1 atom stereocenters. The zero-order chi connectivity index (χ0) is 19.4. The van der Waals surface area contributed by atoms with Crippen LogP contribution in [0.1, 0.15) is 36.7 Å². The number of likely N-dealkylation sites (N-methyl/N-ethyl adjacent to an activating group) is 1. The van der Waals surface area contributed by atoms with Gasteiger partial charge in [-0.3, -0.25) is 9.88 Å². The highest BCUT2D eigenvalue weighted by atomic mass is 19.3. The van der Waals surface area contributed by atoms with Gasteiger partial charge in [-0.2, -0.15) is 8.78 Å². The lowest BCUT2D eigenvalue weighted by Crippen LogP contribution is -2.40. The molecule has 0 amide bonds. The third-order valence-corrected chi connectivity index (χ3v) is 5.32. The van der Waals surface area contributed by atoms with Gasteiger partial charge in [0.2, 0.25) is 0 Å². The van der Waals surface area contributed by atoms with Crippen LogP contribution >= 0.6 is 0 Å². The summed E-state index contributed by atoms with van der Waals surface area (Å²) in [5.74, 6) is -2.99. The van der Waals surface area contributed by atoms with Gasteiger partial charge in [-0.1, -0.05) is 25.1 Å². The summed E-state index contributed by atoms with van der Waals surface area (Å²) < 4.78 is 31.7. The number of halogens is 2. The Morgan fingerprint density at radius 3 is 2.71 bits per heavy atom. The van der Waals surface area contributed by atoms with Crippen LogP contribution in [0.25, 0.3) is 10.9 Å². The number of alkyl halides is 2. The van der Waals surface area contributed by atoms with Crippen LogP contribution in [0.5, 0.6) is 0 Å². The molecule has 28 heavy (non-hydrogen) atoms. The molecule has 1 aliphatic rings. The second kappa shape index (κ2) is 6.94. The van der Waals surface area contributed by atoms with Gasteiger partial charge in [0.05, 0.1) is 18.8 Å². The average molecular weight is 387 g/mol. The Balaban J connectivity index is 0.00000225. The number of nitrogens with zero attached hydrogens (tertiary/aromatic N) is 3. The van der Waals surface area contributed by atoms with Crippen molar-refractivity contribution in [2.75, 3.05) is 13.6 Å². The zero-order valence-electron chi connectivity index (χ0n) is 15.7. The molecule has 1 unspecified atom stereocenters. The minimum Gasteiger partial charge on any atom is -0.384 e. The van der Waals surface area contributed by atoms with Gasteiger partial charge in [-0.05, 0) is 39.1 Å². The van der Waals surface area contributed by atoms with Crippen molar-refractivity contribution in [2.24, 2.45) is 0 Å². The first-order valence-electron chi connectivity index (χ1n) is 9.00. The van der Waals surface area contributed by atoms with Crippen LogP contribution in [0.2, 0.25) is 0 Å². The number of benzene rings is 1. The predicted molar refractivity (Wildman–Crippen MR) is 107 cm³/mol. The Labute approximate surface area is 164 Å². The Bertz CT molecular complexity index is 996. The van der Waals surface area contributed by atoms with Crippen LogP contribution in [-0.2, 0) is 24.6 Å². The average Bonchev–Trinajstić information content (AvgIpc) is 2.88. The molecule has 0 radical (unpaired) electrons. The van der Waals surface area contributed by atoms with Crippen molar-refractivity contribution in [2.45, 2.75) is 45.9 Å². The summed E-state index contributed by atoms with van der Waals surface area (Å²) in [5.41, 5.74) is 1.70. The fraction of sp³-hybridized carbons (Fsp3) is 0.409. The van der Waals surface area contributed by atoms with Crippen LogP contribution in [0.4, 0.5) is 8.78 Å². The van der Waals surface area contributed by atoms with Crippen LogP contribution in [-0.4, -0.2) is 33.1 Å². The van der Waals surface area contributed by atoms with E-state index in [1.54, 1.807) is 48.0 Å². The highest BCUT2D eigenvalue weighted by Gasteiger charge is 2.44. The van der Waals surface area contributed by atoms with Gasteiger partial charge in [0.15, 0.2) is 0 Å². The first-order chi connectivity index (χ1) is 12.7. The lowest BCUT2D eigenvalue weighted by atomic mass is 9.97. The molecular weight excluding hydrogens is 360 g/mol. The molecule has 0 spiro atoms. The maximum atomic E-state index is 15.1.